The fourth-order valence-corrected chi connectivity index (χ4v) is 1.81. The van der Waals surface area contributed by atoms with Crippen LogP contribution in [0.25, 0.3) is 0 Å². The molecule has 0 aliphatic heterocycles. The third kappa shape index (κ3) is 2.73. The molecule has 82 valence electrons. The Morgan fingerprint density at radius 2 is 2.13 bits per heavy atom. The minimum atomic E-state index is -0.491. The monoisotopic (exact) mass is 206 g/mol. The Morgan fingerprint density at radius 1 is 1.47 bits per heavy atom. The summed E-state index contributed by atoms with van der Waals surface area (Å²) in [5.74, 6) is 3.25. The highest BCUT2D eigenvalue weighted by Gasteiger charge is 2.37. The molecule has 1 amide bonds. The van der Waals surface area contributed by atoms with Crippen molar-refractivity contribution in [1.82, 2.24) is 4.90 Å². The summed E-state index contributed by atoms with van der Waals surface area (Å²) in [6.45, 7) is 0.905. The molecular weight excluding hydrogens is 188 g/mol. The van der Waals surface area contributed by atoms with Crippen molar-refractivity contribution in [3.05, 3.63) is 0 Å². The van der Waals surface area contributed by atoms with E-state index in [0.717, 1.165) is 25.3 Å². The average Bonchev–Trinajstić information content (AvgIpc) is 3.04. The van der Waals surface area contributed by atoms with E-state index in [0.29, 0.717) is 12.5 Å². The summed E-state index contributed by atoms with van der Waals surface area (Å²) in [5.41, 5.74) is 5.76. The molecule has 2 aliphatic rings. The van der Waals surface area contributed by atoms with Gasteiger partial charge >= 0.3 is 0 Å². The summed E-state index contributed by atoms with van der Waals surface area (Å²) in [4.78, 5) is 14.0. The summed E-state index contributed by atoms with van der Waals surface area (Å²) in [6.07, 6.45) is 10.3. The molecule has 0 radical (unpaired) electrons. The Balaban J connectivity index is 1.90. The first-order valence-electron chi connectivity index (χ1n) is 5.72. The van der Waals surface area contributed by atoms with Crippen molar-refractivity contribution in [3.8, 4) is 12.3 Å². The lowest BCUT2D eigenvalue weighted by Crippen LogP contribution is -2.45. The van der Waals surface area contributed by atoms with Gasteiger partial charge in [-0.25, -0.2) is 0 Å². The number of carbonyl (C=O) groups is 1. The van der Waals surface area contributed by atoms with Crippen LogP contribution in [0, 0.1) is 18.3 Å². The van der Waals surface area contributed by atoms with Crippen molar-refractivity contribution >= 4 is 5.91 Å². The van der Waals surface area contributed by atoms with Gasteiger partial charge in [-0.2, -0.15) is 0 Å². The van der Waals surface area contributed by atoms with Crippen molar-refractivity contribution in [2.45, 2.75) is 44.2 Å². The van der Waals surface area contributed by atoms with Gasteiger partial charge in [0.1, 0.15) is 0 Å². The normalized spacial score (nSPS) is 21.9. The molecule has 3 nitrogen and oxygen atoms in total. The van der Waals surface area contributed by atoms with Crippen LogP contribution in [0.3, 0.4) is 0 Å². The molecule has 1 atom stereocenters. The highest BCUT2D eigenvalue weighted by atomic mass is 16.2. The average molecular weight is 206 g/mol. The second-order valence-electron chi connectivity index (χ2n) is 4.68. The quantitative estimate of drug-likeness (QED) is 0.674. The third-order valence-corrected chi connectivity index (χ3v) is 3.08. The van der Waals surface area contributed by atoms with Gasteiger partial charge in [-0.3, -0.25) is 4.79 Å². The molecule has 0 aromatic heterocycles. The lowest BCUT2D eigenvalue weighted by molar-refractivity contribution is -0.133. The summed E-state index contributed by atoms with van der Waals surface area (Å²) in [5, 5.41) is 0. The van der Waals surface area contributed by atoms with Gasteiger partial charge in [0.15, 0.2) is 0 Å². The molecule has 3 heteroatoms. The van der Waals surface area contributed by atoms with E-state index < -0.39 is 6.04 Å². The molecule has 0 spiro atoms. The largest absolute Gasteiger partial charge is 0.338 e. The van der Waals surface area contributed by atoms with E-state index in [4.69, 9.17) is 12.2 Å². The molecule has 0 heterocycles. The number of nitrogens with zero attached hydrogens (tertiary/aromatic N) is 1. The maximum atomic E-state index is 12.0. The van der Waals surface area contributed by atoms with Crippen molar-refractivity contribution in [3.63, 3.8) is 0 Å². The lowest BCUT2D eigenvalue weighted by atomic mass is 10.2. The van der Waals surface area contributed by atoms with Crippen molar-refractivity contribution in [2.24, 2.45) is 11.7 Å². The van der Waals surface area contributed by atoms with E-state index in [-0.39, 0.29) is 5.91 Å². The molecule has 0 aromatic rings. The smallest absolute Gasteiger partial charge is 0.240 e. The van der Waals surface area contributed by atoms with Crippen LogP contribution in [-0.4, -0.2) is 29.4 Å². The summed E-state index contributed by atoms with van der Waals surface area (Å²) in [7, 11) is 0. The molecule has 2 saturated carbocycles. The van der Waals surface area contributed by atoms with Crippen molar-refractivity contribution < 1.29 is 4.79 Å². The first-order valence-corrected chi connectivity index (χ1v) is 5.72. The van der Waals surface area contributed by atoms with Gasteiger partial charge in [-0.15, -0.1) is 12.3 Å². The zero-order chi connectivity index (χ0) is 10.8. The van der Waals surface area contributed by atoms with Crippen LogP contribution in [-0.2, 0) is 4.79 Å². The Hall–Kier alpha value is -1.01. The molecule has 2 rings (SSSR count). The van der Waals surface area contributed by atoms with Crippen molar-refractivity contribution in [1.29, 1.82) is 0 Å². The second kappa shape index (κ2) is 4.24. The van der Waals surface area contributed by atoms with Crippen molar-refractivity contribution in [2.75, 3.05) is 6.54 Å². The maximum absolute atomic E-state index is 12.0. The standard InChI is InChI=1S/C12H18N2O/c1-2-3-11(13)12(15)14(10-6-7-10)8-9-4-5-9/h1,9-11H,3-8,13H2. The number of rotatable bonds is 5. The molecule has 0 aromatic carbocycles. The molecule has 2 N–H and O–H groups in total. The van der Waals surface area contributed by atoms with Gasteiger partial charge in [-0.1, -0.05) is 0 Å². The van der Waals surface area contributed by atoms with E-state index >= 15 is 0 Å². The van der Waals surface area contributed by atoms with E-state index in [1.54, 1.807) is 0 Å². The minimum absolute atomic E-state index is 0.0577. The van der Waals surface area contributed by atoms with E-state index in [1.807, 2.05) is 4.90 Å². The lowest BCUT2D eigenvalue weighted by Gasteiger charge is -2.24. The third-order valence-electron chi connectivity index (χ3n) is 3.08. The summed E-state index contributed by atoms with van der Waals surface area (Å²) in [6, 6.07) is -0.0312. The van der Waals surface area contributed by atoms with E-state index in [1.165, 1.54) is 12.8 Å². The van der Waals surface area contributed by atoms with Gasteiger partial charge in [0.2, 0.25) is 5.91 Å². The number of carbonyl (C=O) groups excluding carboxylic acids is 1. The van der Waals surface area contributed by atoms with Crippen LogP contribution < -0.4 is 5.73 Å². The molecule has 0 bridgehead atoms. The molecule has 1 unspecified atom stereocenters. The number of nitrogens with two attached hydrogens (primary N) is 1. The Kier molecular flexibility index (Phi) is 2.97. The zero-order valence-electron chi connectivity index (χ0n) is 8.98. The topological polar surface area (TPSA) is 46.3 Å². The van der Waals surface area contributed by atoms with Gasteiger partial charge in [0.05, 0.1) is 6.04 Å². The first kappa shape index (κ1) is 10.5. The number of amides is 1. The van der Waals surface area contributed by atoms with Gasteiger partial charge in [-0.05, 0) is 31.6 Å². The van der Waals surface area contributed by atoms with Gasteiger partial charge in [0.25, 0.3) is 0 Å². The van der Waals surface area contributed by atoms with Crippen LogP contribution >= 0.6 is 0 Å². The fourth-order valence-electron chi connectivity index (χ4n) is 1.81. The Morgan fingerprint density at radius 3 is 2.60 bits per heavy atom. The predicted octanol–water partition coefficient (Wildman–Crippen LogP) is 0.738. The molecule has 2 aliphatic carbocycles. The summed E-state index contributed by atoms with van der Waals surface area (Å²) < 4.78 is 0. The number of terminal acetylenes is 1. The van der Waals surface area contributed by atoms with Crippen LogP contribution in [0.5, 0.6) is 0 Å². The Labute approximate surface area is 91.0 Å². The zero-order valence-corrected chi connectivity index (χ0v) is 8.98. The van der Waals surface area contributed by atoms with Crippen LogP contribution in [0.15, 0.2) is 0 Å². The Bertz CT molecular complexity index is 286. The van der Waals surface area contributed by atoms with E-state index in [9.17, 15) is 4.79 Å². The first-order chi connectivity index (χ1) is 7.22. The number of hydrogen-bond donors (Lipinski definition) is 1. The van der Waals surface area contributed by atoms with Gasteiger partial charge < -0.3 is 10.6 Å². The van der Waals surface area contributed by atoms with Crippen LogP contribution in [0.4, 0.5) is 0 Å². The summed E-state index contributed by atoms with van der Waals surface area (Å²) >= 11 is 0. The second-order valence-corrected chi connectivity index (χ2v) is 4.68. The minimum Gasteiger partial charge on any atom is -0.338 e. The molecule has 0 saturated heterocycles. The molecular formula is C12H18N2O. The van der Waals surface area contributed by atoms with Gasteiger partial charge in [0, 0.05) is 19.0 Å². The van der Waals surface area contributed by atoms with Crippen LogP contribution in [0.1, 0.15) is 32.1 Å². The SMILES string of the molecule is C#CCC(N)C(=O)N(CC1CC1)C1CC1. The highest BCUT2D eigenvalue weighted by Crippen LogP contribution is 2.35. The maximum Gasteiger partial charge on any atom is 0.240 e. The highest BCUT2D eigenvalue weighted by molar-refractivity contribution is 5.82. The molecule has 15 heavy (non-hydrogen) atoms. The fraction of sp³-hybridized carbons (Fsp3) is 0.750. The molecule has 2 fully saturated rings. The predicted molar refractivity (Wildman–Crippen MR) is 58.9 cm³/mol. The van der Waals surface area contributed by atoms with Crippen LogP contribution in [0.2, 0.25) is 0 Å². The number of hydrogen-bond acceptors (Lipinski definition) is 2. The van der Waals surface area contributed by atoms with E-state index in [2.05, 4.69) is 5.92 Å².